The number of hydrogen-bond donors (Lipinski definition) is 2. The fraction of sp³-hybridized carbons (Fsp3) is 1.00. The highest BCUT2D eigenvalue weighted by molar-refractivity contribution is 5.09. The Bertz CT molecular complexity index is 490. The molecule has 0 saturated heterocycles. The van der Waals surface area contributed by atoms with Crippen LogP contribution in [0.15, 0.2) is 0 Å². The van der Waals surface area contributed by atoms with Crippen LogP contribution in [0.5, 0.6) is 0 Å². The van der Waals surface area contributed by atoms with E-state index in [4.69, 9.17) is 0 Å². The number of fused-ring (bicyclic) bond motifs is 5. The quantitative estimate of drug-likeness (QED) is 0.751. The van der Waals surface area contributed by atoms with Gasteiger partial charge in [0.15, 0.2) is 0 Å². The summed E-state index contributed by atoms with van der Waals surface area (Å²) in [5.74, 6) is 5.03. The normalized spacial score (nSPS) is 53.6. The molecule has 2 unspecified atom stereocenters. The average molecular weight is 349 g/mol. The van der Waals surface area contributed by atoms with Crippen LogP contribution in [0, 0.1) is 46.3 Å². The van der Waals surface area contributed by atoms with Gasteiger partial charge in [0, 0.05) is 6.61 Å². The molecule has 0 bridgehead atoms. The first kappa shape index (κ1) is 18.3. The number of hydrogen-bond acceptors (Lipinski definition) is 2. The lowest BCUT2D eigenvalue weighted by Gasteiger charge is -2.61. The van der Waals surface area contributed by atoms with Crippen LogP contribution < -0.4 is 0 Å². The van der Waals surface area contributed by atoms with E-state index < -0.39 is 0 Å². The van der Waals surface area contributed by atoms with E-state index in [1.54, 1.807) is 0 Å². The minimum absolute atomic E-state index is 0.0290. The molecule has 2 heteroatoms. The zero-order chi connectivity index (χ0) is 17.8. The van der Waals surface area contributed by atoms with E-state index in [2.05, 4.69) is 20.8 Å². The van der Waals surface area contributed by atoms with Gasteiger partial charge in [-0.1, -0.05) is 20.8 Å². The zero-order valence-electron chi connectivity index (χ0n) is 16.7. The second-order valence-corrected chi connectivity index (χ2v) is 10.8. The third-order valence-electron chi connectivity index (χ3n) is 9.98. The third-order valence-corrected chi connectivity index (χ3v) is 9.98. The molecule has 0 aliphatic heterocycles. The molecule has 0 amide bonds. The van der Waals surface area contributed by atoms with Gasteiger partial charge >= 0.3 is 0 Å². The second-order valence-electron chi connectivity index (χ2n) is 10.8. The summed E-state index contributed by atoms with van der Waals surface area (Å²) in [5.41, 5.74) is 1.02. The van der Waals surface area contributed by atoms with Crippen molar-refractivity contribution in [2.24, 2.45) is 46.3 Å². The van der Waals surface area contributed by atoms with Crippen LogP contribution in [0.1, 0.15) is 85.0 Å². The van der Waals surface area contributed by atoms with Crippen molar-refractivity contribution in [3.05, 3.63) is 0 Å². The molecule has 4 rings (SSSR count). The lowest BCUT2D eigenvalue weighted by molar-refractivity contribution is -0.129. The second kappa shape index (κ2) is 6.51. The van der Waals surface area contributed by atoms with E-state index in [9.17, 15) is 10.2 Å². The molecule has 0 spiro atoms. The lowest BCUT2D eigenvalue weighted by atomic mass is 9.44. The van der Waals surface area contributed by atoms with Gasteiger partial charge in [-0.3, -0.25) is 0 Å². The predicted octanol–water partition coefficient (Wildman–Crippen LogP) is 5.02. The molecule has 2 nitrogen and oxygen atoms in total. The SMILES string of the molecule is C[C@@H](CCO)[C@H]1CC[C@H]2C3CC[C@H]4C[C@@H](O)CC[C@]4(C)C3CC[C@]12C. The first-order valence-electron chi connectivity index (χ1n) is 11.2. The summed E-state index contributed by atoms with van der Waals surface area (Å²) in [6.07, 6.45) is 12.7. The summed E-state index contributed by atoms with van der Waals surface area (Å²) >= 11 is 0. The van der Waals surface area contributed by atoms with Gasteiger partial charge in [0.2, 0.25) is 0 Å². The van der Waals surface area contributed by atoms with Crippen molar-refractivity contribution in [1.29, 1.82) is 0 Å². The van der Waals surface area contributed by atoms with Gasteiger partial charge in [-0.05, 0) is 111 Å². The Morgan fingerprint density at radius 3 is 2.40 bits per heavy atom. The minimum atomic E-state index is -0.0290. The monoisotopic (exact) mass is 348 g/mol. The van der Waals surface area contributed by atoms with Crippen molar-refractivity contribution in [1.82, 2.24) is 0 Å². The van der Waals surface area contributed by atoms with Crippen molar-refractivity contribution < 1.29 is 10.2 Å². The summed E-state index contributed by atoms with van der Waals surface area (Å²) < 4.78 is 0. The zero-order valence-corrected chi connectivity index (χ0v) is 16.7. The van der Waals surface area contributed by atoms with E-state index in [1.807, 2.05) is 0 Å². The van der Waals surface area contributed by atoms with Crippen LogP contribution in [-0.2, 0) is 0 Å². The molecule has 0 aromatic carbocycles. The summed E-state index contributed by atoms with van der Waals surface area (Å²) in [4.78, 5) is 0. The van der Waals surface area contributed by atoms with E-state index in [-0.39, 0.29) is 6.10 Å². The lowest BCUT2D eigenvalue weighted by Crippen LogP contribution is -2.54. The Morgan fingerprint density at radius 2 is 1.64 bits per heavy atom. The predicted molar refractivity (Wildman–Crippen MR) is 102 cm³/mol. The van der Waals surface area contributed by atoms with Crippen LogP contribution in [0.3, 0.4) is 0 Å². The minimum Gasteiger partial charge on any atom is -0.396 e. The molecule has 0 aromatic rings. The van der Waals surface area contributed by atoms with Crippen LogP contribution in [0.4, 0.5) is 0 Å². The molecule has 144 valence electrons. The number of aliphatic hydroxyl groups excluding tert-OH is 2. The summed E-state index contributed by atoms with van der Waals surface area (Å²) in [5, 5.41) is 19.6. The molecule has 4 saturated carbocycles. The molecule has 25 heavy (non-hydrogen) atoms. The maximum atomic E-state index is 10.2. The van der Waals surface area contributed by atoms with E-state index in [0.717, 1.165) is 48.9 Å². The highest BCUT2D eigenvalue weighted by atomic mass is 16.3. The molecule has 4 aliphatic rings. The smallest absolute Gasteiger partial charge is 0.0543 e. The largest absolute Gasteiger partial charge is 0.396 e. The molecule has 0 radical (unpaired) electrons. The molecule has 0 heterocycles. The van der Waals surface area contributed by atoms with Gasteiger partial charge in [-0.2, -0.15) is 0 Å². The van der Waals surface area contributed by atoms with Crippen LogP contribution in [-0.4, -0.2) is 22.9 Å². The van der Waals surface area contributed by atoms with Gasteiger partial charge in [0.25, 0.3) is 0 Å². The first-order chi connectivity index (χ1) is 11.9. The summed E-state index contributed by atoms with van der Waals surface area (Å²) in [6, 6.07) is 0. The van der Waals surface area contributed by atoms with Crippen LogP contribution >= 0.6 is 0 Å². The summed E-state index contributed by atoms with van der Waals surface area (Å²) in [6.45, 7) is 7.94. The Morgan fingerprint density at radius 1 is 0.920 bits per heavy atom. The molecule has 2 N–H and O–H groups in total. The van der Waals surface area contributed by atoms with Crippen molar-refractivity contribution in [2.45, 2.75) is 91.1 Å². The first-order valence-corrected chi connectivity index (χ1v) is 11.2. The van der Waals surface area contributed by atoms with Gasteiger partial charge in [-0.15, -0.1) is 0 Å². The van der Waals surface area contributed by atoms with Crippen molar-refractivity contribution in [3.8, 4) is 0 Å². The Kier molecular flexibility index (Phi) is 4.77. The van der Waals surface area contributed by atoms with Crippen molar-refractivity contribution in [2.75, 3.05) is 6.61 Å². The molecular formula is C23H40O2. The van der Waals surface area contributed by atoms with E-state index >= 15 is 0 Å². The van der Waals surface area contributed by atoms with E-state index in [0.29, 0.717) is 23.4 Å². The number of rotatable bonds is 3. The Labute approximate surface area is 154 Å². The van der Waals surface area contributed by atoms with Crippen LogP contribution in [0.25, 0.3) is 0 Å². The molecule has 4 fully saturated rings. The molecule has 0 aromatic heterocycles. The van der Waals surface area contributed by atoms with Gasteiger partial charge in [0.05, 0.1) is 6.10 Å². The van der Waals surface area contributed by atoms with Gasteiger partial charge < -0.3 is 10.2 Å². The standard InChI is InChI=1S/C23H40O2/c1-15(10-13-24)19-6-7-20-18-5-4-16-14-17(25)8-11-22(16,2)21(18)9-12-23(19,20)3/h15-21,24-25H,4-14H2,1-3H3/t15-,16-,17-,18?,19+,20-,21?,22-,23+/m0/s1. The fourth-order valence-corrected chi connectivity index (χ4v) is 8.62. The van der Waals surface area contributed by atoms with Crippen molar-refractivity contribution in [3.63, 3.8) is 0 Å². The van der Waals surface area contributed by atoms with Gasteiger partial charge in [-0.25, -0.2) is 0 Å². The maximum absolute atomic E-state index is 10.2. The third kappa shape index (κ3) is 2.73. The molecule has 4 aliphatic carbocycles. The fourth-order valence-electron chi connectivity index (χ4n) is 8.62. The van der Waals surface area contributed by atoms with Gasteiger partial charge in [0.1, 0.15) is 0 Å². The topological polar surface area (TPSA) is 40.5 Å². The Balaban J connectivity index is 1.56. The molecular weight excluding hydrogens is 308 g/mol. The Hall–Kier alpha value is -0.0800. The highest BCUT2D eigenvalue weighted by Crippen LogP contribution is 2.68. The van der Waals surface area contributed by atoms with Crippen molar-refractivity contribution >= 4 is 0 Å². The highest BCUT2D eigenvalue weighted by Gasteiger charge is 2.60. The maximum Gasteiger partial charge on any atom is 0.0543 e. The van der Waals surface area contributed by atoms with Crippen LogP contribution in [0.2, 0.25) is 0 Å². The average Bonchev–Trinajstić information content (AvgIpc) is 2.93. The van der Waals surface area contributed by atoms with E-state index in [1.165, 1.54) is 44.9 Å². The summed E-state index contributed by atoms with van der Waals surface area (Å²) in [7, 11) is 0. The number of aliphatic hydroxyl groups is 2. The molecule has 9 atom stereocenters.